The molecule has 2 nitrogen and oxygen atoms in total. The van der Waals surface area contributed by atoms with E-state index in [-0.39, 0.29) is 5.60 Å². The fraction of sp³-hybridized carbons (Fsp3) is 0.667. The van der Waals surface area contributed by atoms with E-state index >= 15 is 0 Å². The first kappa shape index (κ1) is 22.3. The molecule has 0 spiro atoms. The second-order valence-electron chi connectivity index (χ2n) is 7.02. The van der Waals surface area contributed by atoms with Gasteiger partial charge in [0.1, 0.15) is 0 Å². The van der Waals surface area contributed by atoms with E-state index in [2.05, 4.69) is 53.0 Å². The highest BCUT2D eigenvalue weighted by molar-refractivity contribution is 7.11. The molecule has 0 N–H and O–H groups in total. The molecule has 142 valence electrons. The first-order valence-electron chi connectivity index (χ1n) is 9.84. The Kier molecular flexibility index (Phi) is 9.32. The second kappa shape index (κ2) is 10.4. The lowest BCUT2D eigenvalue weighted by atomic mass is 9.91. The molecule has 0 aliphatic rings. The van der Waals surface area contributed by atoms with Crippen LogP contribution in [0.3, 0.4) is 0 Å². The highest BCUT2D eigenvalue weighted by Crippen LogP contribution is 2.35. The number of carbonyl (C=O) groups is 1. The first-order valence-corrected chi connectivity index (χ1v) is 13.3. The number of carbonyl (C=O) groups excluding carboxylic acids is 1. The molecule has 0 atom stereocenters. The van der Waals surface area contributed by atoms with Gasteiger partial charge in [-0.25, -0.2) is 0 Å². The van der Waals surface area contributed by atoms with Gasteiger partial charge in [-0.1, -0.05) is 40.7 Å². The summed E-state index contributed by atoms with van der Waals surface area (Å²) in [5.41, 5.74) is 2.45. The van der Waals surface area contributed by atoms with E-state index in [1.54, 1.807) is 0 Å². The zero-order valence-electron chi connectivity index (χ0n) is 17.0. The minimum atomic E-state index is -1.60. The Morgan fingerprint density at radius 1 is 1.16 bits per heavy atom. The molecule has 0 aromatic carbocycles. The largest absolute Gasteiger partial charge is 0.411 e. The van der Waals surface area contributed by atoms with E-state index < -0.39 is 8.32 Å². The summed E-state index contributed by atoms with van der Waals surface area (Å²) in [6, 6.07) is 5.61. The Hall–Kier alpha value is -0.713. The number of hydrogen-bond donors (Lipinski definition) is 0. The Bertz CT molecular complexity index is 546. The molecule has 0 amide bonds. The average molecular weight is 381 g/mol. The van der Waals surface area contributed by atoms with Gasteiger partial charge < -0.3 is 4.43 Å². The van der Waals surface area contributed by atoms with Gasteiger partial charge in [0.05, 0.1) is 10.5 Å². The molecule has 0 saturated heterocycles. The maximum Gasteiger partial charge on any atom is 0.192 e. The van der Waals surface area contributed by atoms with Crippen molar-refractivity contribution in [2.45, 2.75) is 91.0 Å². The third-order valence-corrected chi connectivity index (χ3v) is 11.5. The van der Waals surface area contributed by atoms with E-state index in [1.807, 2.05) is 6.07 Å². The van der Waals surface area contributed by atoms with Crippen LogP contribution >= 0.6 is 11.3 Å². The molecule has 4 heteroatoms. The van der Waals surface area contributed by atoms with Gasteiger partial charge in [0.15, 0.2) is 14.6 Å². The van der Waals surface area contributed by atoms with Crippen LogP contribution in [0.25, 0.3) is 5.57 Å². The van der Waals surface area contributed by atoms with Crippen LogP contribution in [-0.4, -0.2) is 20.2 Å². The van der Waals surface area contributed by atoms with Crippen LogP contribution in [0.2, 0.25) is 18.1 Å². The van der Waals surface area contributed by atoms with E-state index in [0.717, 1.165) is 36.8 Å². The van der Waals surface area contributed by atoms with Gasteiger partial charge in [0.2, 0.25) is 0 Å². The van der Waals surface area contributed by atoms with Crippen molar-refractivity contribution < 1.29 is 9.22 Å². The van der Waals surface area contributed by atoms with E-state index in [1.165, 1.54) is 40.6 Å². The molecule has 0 saturated carbocycles. The summed E-state index contributed by atoms with van der Waals surface area (Å²) in [6.07, 6.45) is 7.52. The summed E-state index contributed by atoms with van der Waals surface area (Å²) in [6.45, 7) is 13.6. The van der Waals surface area contributed by atoms with Crippen LogP contribution in [0.4, 0.5) is 0 Å². The second-order valence-corrected chi connectivity index (χ2v) is 12.7. The summed E-state index contributed by atoms with van der Waals surface area (Å²) in [4.78, 5) is 11.7. The molecule has 0 aliphatic heterocycles. The monoisotopic (exact) mass is 380 g/mol. The first-order chi connectivity index (χ1) is 11.9. The minimum Gasteiger partial charge on any atom is -0.411 e. The predicted octanol–water partition coefficient (Wildman–Crippen LogP) is 7.32. The summed E-state index contributed by atoms with van der Waals surface area (Å²) in [7, 11) is -1.60. The van der Waals surface area contributed by atoms with Gasteiger partial charge in [0.25, 0.3) is 0 Å². The molecule has 1 heterocycles. The Morgan fingerprint density at radius 3 is 2.20 bits per heavy atom. The quantitative estimate of drug-likeness (QED) is 0.280. The van der Waals surface area contributed by atoms with Crippen LogP contribution in [0, 0.1) is 0 Å². The lowest BCUT2D eigenvalue weighted by molar-refractivity contribution is 0.0397. The van der Waals surface area contributed by atoms with Crippen molar-refractivity contribution in [3.8, 4) is 0 Å². The van der Waals surface area contributed by atoms with Gasteiger partial charge >= 0.3 is 0 Å². The van der Waals surface area contributed by atoms with Crippen molar-refractivity contribution in [2.24, 2.45) is 0 Å². The lowest BCUT2D eigenvalue weighted by Crippen LogP contribution is -2.46. The van der Waals surface area contributed by atoms with Crippen LogP contribution in [0.15, 0.2) is 17.5 Å². The number of hydrogen-bond acceptors (Lipinski definition) is 3. The van der Waals surface area contributed by atoms with Crippen LogP contribution in [-0.2, 0) is 4.43 Å². The van der Waals surface area contributed by atoms with Crippen molar-refractivity contribution in [1.29, 1.82) is 0 Å². The molecule has 25 heavy (non-hydrogen) atoms. The van der Waals surface area contributed by atoms with Crippen LogP contribution in [0.5, 0.6) is 0 Å². The summed E-state index contributed by atoms with van der Waals surface area (Å²) in [5.74, 6) is 0. The zero-order chi connectivity index (χ0) is 18.9. The SMILES string of the molecule is CCC(CC)(CC/C=C(\C)c1csc(C=O)c1)O[Si](CC)(CC)CC. The third-order valence-electron chi connectivity index (χ3n) is 5.90. The highest BCUT2D eigenvalue weighted by Gasteiger charge is 2.38. The smallest absolute Gasteiger partial charge is 0.192 e. The number of aldehydes is 1. The number of thiophene rings is 1. The fourth-order valence-corrected chi connectivity index (χ4v) is 7.53. The van der Waals surface area contributed by atoms with Gasteiger partial charge in [-0.05, 0) is 73.3 Å². The van der Waals surface area contributed by atoms with Gasteiger partial charge in [-0.15, -0.1) is 11.3 Å². The highest BCUT2D eigenvalue weighted by atomic mass is 32.1. The van der Waals surface area contributed by atoms with Crippen molar-refractivity contribution in [1.82, 2.24) is 0 Å². The molecule has 1 aromatic heterocycles. The fourth-order valence-electron chi connectivity index (χ4n) is 3.52. The molecule has 1 aromatic rings. The van der Waals surface area contributed by atoms with Gasteiger partial charge in [-0.3, -0.25) is 4.79 Å². The summed E-state index contributed by atoms with van der Waals surface area (Å²) in [5, 5.41) is 2.07. The summed E-state index contributed by atoms with van der Waals surface area (Å²) >= 11 is 1.51. The van der Waals surface area contributed by atoms with Gasteiger partial charge in [-0.2, -0.15) is 0 Å². The van der Waals surface area contributed by atoms with E-state index in [0.29, 0.717) is 0 Å². The predicted molar refractivity (Wildman–Crippen MR) is 114 cm³/mol. The van der Waals surface area contributed by atoms with Crippen molar-refractivity contribution in [2.75, 3.05) is 0 Å². The number of allylic oxidation sites excluding steroid dienone is 2. The minimum absolute atomic E-state index is 0.0215. The van der Waals surface area contributed by atoms with Crippen molar-refractivity contribution in [3.63, 3.8) is 0 Å². The van der Waals surface area contributed by atoms with E-state index in [9.17, 15) is 4.79 Å². The lowest BCUT2D eigenvalue weighted by Gasteiger charge is -2.42. The maximum absolute atomic E-state index is 10.9. The molecule has 1 rings (SSSR count). The maximum atomic E-state index is 10.9. The van der Waals surface area contributed by atoms with Crippen molar-refractivity contribution >= 4 is 31.5 Å². The topological polar surface area (TPSA) is 26.3 Å². The third kappa shape index (κ3) is 5.90. The number of rotatable bonds is 12. The molecule has 0 bridgehead atoms. The van der Waals surface area contributed by atoms with Crippen LogP contribution < -0.4 is 0 Å². The summed E-state index contributed by atoms with van der Waals surface area (Å²) < 4.78 is 6.95. The molecule has 0 unspecified atom stereocenters. The normalized spacial score (nSPS) is 13.3. The Balaban J connectivity index is 2.83. The molecule has 0 aliphatic carbocycles. The zero-order valence-corrected chi connectivity index (χ0v) is 18.8. The van der Waals surface area contributed by atoms with Gasteiger partial charge in [0, 0.05) is 0 Å². The molecule has 0 fully saturated rings. The van der Waals surface area contributed by atoms with E-state index in [4.69, 9.17) is 4.43 Å². The average Bonchev–Trinajstić information content (AvgIpc) is 3.14. The molecular formula is C21H36O2SSi. The molecule has 0 radical (unpaired) electrons. The Labute approximate surface area is 159 Å². The standard InChI is InChI=1S/C21H36O2SSi/c1-7-21(8-2,23-25(9-3,10-4)11-5)14-12-13-18(6)19-15-20(16-22)24-17-19/h13,15-17H,7-12,14H2,1-6H3/b18-13+. The van der Waals surface area contributed by atoms with Crippen molar-refractivity contribution in [3.05, 3.63) is 28.0 Å². The Morgan fingerprint density at radius 2 is 1.76 bits per heavy atom. The van der Waals surface area contributed by atoms with Crippen LogP contribution in [0.1, 0.15) is 82.5 Å². The molecular weight excluding hydrogens is 344 g/mol.